The van der Waals surface area contributed by atoms with Crippen LogP contribution < -0.4 is 31.2 Å². The second-order valence-electron chi connectivity index (χ2n) is 15.2. The molecular formula is C46H50N4O13. The highest BCUT2D eigenvalue weighted by Gasteiger charge is 2.33. The van der Waals surface area contributed by atoms with E-state index in [9.17, 15) is 38.7 Å². The van der Waals surface area contributed by atoms with Crippen LogP contribution in [0, 0.1) is 5.92 Å². The summed E-state index contributed by atoms with van der Waals surface area (Å²) < 4.78 is 21.7. The van der Waals surface area contributed by atoms with Crippen molar-refractivity contribution in [1.29, 1.82) is 0 Å². The quantitative estimate of drug-likeness (QED) is 0.0575. The van der Waals surface area contributed by atoms with Gasteiger partial charge in [0.15, 0.2) is 24.7 Å². The van der Waals surface area contributed by atoms with Crippen molar-refractivity contribution >= 4 is 41.7 Å². The van der Waals surface area contributed by atoms with Crippen molar-refractivity contribution in [3.8, 4) is 22.6 Å². The summed E-state index contributed by atoms with van der Waals surface area (Å²) in [5.74, 6) is -6.52. The van der Waals surface area contributed by atoms with Crippen LogP contribution in [-0.2, 0) is 51.3 Å². The molecule has 0 spiro atoms. The Balaban J connectivity index is 1.39. The van der Waals surface area contributed by atoms with E-state index in [1.165, 1.54) is 18.2 Å². The summed E-state index contributed by atoms with van der Waals surface area (Å²) in [6, 6.07) is 24.4. The number of alkyl carbamates (subject to hydrolysis) is 1. The molecule has 5 rings (SSSR count). The van der Waals surface area contributed by atoms with E-state index in [1.54, 1.807) is 24.3 Å². The largest absolute Gasteiger partial charge is 0.479 e. The number of fused-ring (bicyclic) bond motifs is 3. The van der Waals surface area contributed by atoms with Gasteiger partial charge in [0.2, 0.25) is 17.7 Å². The number of hydrogen-bond acceptors (Lipinski definition) is 11. The number of carboxylic acids is 2. The number of carbonyl (C=O) groups is 7. The molecule has 0 radical (unpaired) electrons. The minimum atomic E-state index is -1.47. The topological polar surface area (TPSA) is 259 Å². The summed E-state index contributed by atoms with van der Waals surface area (Å²) in [7, 11) is 0. The fourth-order valence-electron chi connectivity index (χ4n) is 7.02. The van der Waals surface area contributed by atoms with E-state index in [0.717, 1.165) is 27.8 Å². The Morgan fingerprint density at radius 2 is 1.22 bits per heavy atom. The van der Waals surface area contributed by atoms with Crippen LogP contribution in [0.1, 0.15) is 61.3 Å². The molecule has 4 aromatic carbocycles. The number of amides is 4. The first kappa shape index (κ1) is 46.6. The lowest BCUT2D eigenvalue weighted by atomic mass is 9.98. The van der Waals surface area contributed by atoms with Crippen LogP contribution in [0.2, 0.25) is 0 Å². The Morgan fingerprint density at radius 3 is 1.83 bits per heavy atom. The van der Waals surface area contributed by atoms with Gasteiger partial charge in [-0.1, -0.05) is 98.8 Å². The van der Waals surface area contributed by atoms with E-state index < -0.39 is 73.1 Å². The monoisotopic (exact) mass is 866 g/mol. The Hall–Kier alpha value is -7.43. The number of benzene rings is 4. The number of hydrogen-bond donors (Lipinski definition) is 6. The molecule has 0 bridgehead atoms. The standard InChI is InChI=1S/C46H50N4O13/c1-27(2)20-36(43(47)56)48-45(58)37(21-29-16-18-38(60-25-40(51)52)39(22-29)61-26-41(53)54)49-44(57)35(17-19-42(55)62-23-28-10-4-3-5-11-28)50-46(59)63-24-34-32-14-8-6-12-30(32)31-13-7-9-15-33(31)34/h3-16,18,22,27,34-37H,17,19-21,23-26H2,1-2H3,(H2,47,56)(H,48,58)(H,49,57)(H,50,59)(H,51,52)(H,53,54)/t35?,36-,37-/m0/s1. The molecule has 7 N–H and O–H groups in total. The van der Waals surface area contributed by atoms with Crippen molar-refractivity contribution in [2.75, 3.05) is 19.8 Å². The van der Waals surface area contributed by atoms with Crippen molar-refractivity contribution in [2.24, 2.45) is 11.7 Å². The first-order valence-electron chi connectivity index (χ1n) is 20.2. The lowest BCUT2D eigenvalue weighted by Gasteiger charge is -2.25. The van der Waals surface area contributed by atoms with E-state index in [0.29, 0.717) is 0 Å². The van der Waals surface area contributed by atoms with Gasteiger partial charge in [-0.05, 0) is 64.3 Å². The molecule has 1 aliphatic rings. The molecule has 1 aliphatic carbocycles. The molecule has 17 nitrogen and oxygen atoms in total. The highest BCUT2D eigenvalue weighted by atomic mass is 16.6. The first-order valence-corrected chi connectivity index (χ1v) is 20.2. The molecule has 63 heavy (non-hydrogen) atoms. The van der Waals surface area contributed by atoms with E-state index in [4.69, 9.17) is 29.8 Å². The second kappa shape index (κ2) is 22.4. The number of aliphatic carboxylic acids is 2. The maximum absolute atomic E-state index is 14.2. The molecule has 17 heteroatoms. The molecule has 3 atom stereocenters. The fraction of sp³-hybridized carbons (Fsp3) is 0.326. The van der Waals surface area contributed by atoms with Crippen LogP contribution in [-0.4, -0.2) is 89.9 Å². The van der Waals surface area contributed by atoms with Gasteiger partial charge in [0.1, 0.15) is 31.3 Å². The minimum Gasteiger partial charge on any atom is -0.479 e. The van der Waals surface area contributed by atoms with Crippen molar-refractivity contribution < 1.29 is 62.7 Å². The number of carboxylic acid groups (broad SMARTS) is 2. The van der Waals surface area contributed by atoms with Gasteiger partial charge >= 0.3 is 24.0 Å². The summed E-state index contributed by atoms with van der Waals surface area (Å²) in [6.07, 6.45) is -1.71. The van der Waals surface area contributed by atoms with Crippen LogP contribution in [0.3, 0.4) is 0 Å². The van der Waals surface area contributed by atoms with Gasteiger partial charge < -0.3 is 50.8 Å². The second-order valence-corrected chi connectivity index (χ2v) is 15.2. The first-order chi connectivity index (χ1) is 30.2. The van der Waals surface area contributed by atoms with Crippen LogP contribution in [0.5, 0.6) is 11.5 Å². The summed E-state index contributed by atoms with van der Waals surface area (Å²) in [5, 5.41) is 26.1. The Bertz CT molecular complexity index is 2240. The SMILES string of the molecule is CC(C)C[C@H](NC(=O)[C@H](Cc1ccc(OCC(=O)O)c(OCC(=O)O)c1)NC(=O)C(CCC(=O)OCc1ccccc1)NC(=O)OCC1c2ccccc2-c2ccccc21)C(N)=O. The van der Waals surface area contributed by atoms with E-state index in [-0.39, 0.29) is 67.8 Å². The molecule has 0 fully saturated rings. The fourth-order valence-corrected chi connectivity index (χ4v) is 7.02. The predicted octanol–water partition coefficient (Wildman–Crippen LogP) is 4.09. The van der Waals surface area contributed by atoms with Crippen LogP contribution in [0.4, 0.5) is 4.79 Å². The van der Waals surface area contributed by atoms with Crippen LogP contribution in [0.25, 0.3) is 11.1 Å². The van der Waals surface area contributed by atoms with Crippen LogP contribution in [0.15, 0.2) is 97.1 Å². The predicted molar refractivity (Wildman–Crippen MR) is 226 cm³/mol. The van der Waals surface area contributed by atoms with Gasteiger partial charge in [-0.2, -0.15) is 0 Å². The normalized spacial score (nSPS) is 13.0. The van der Waals surface area contributed by atoms with Gasteiger partial charge in [0.25, 0.3) is 0 Å². The number of nitrogens with one attached hydrogen (secondary N) is 3. The van der Waals surface area contributed by atoms with Gasteiger partial charge in [0.05, 0.1) is 0 Å². The Morgan fingerprint density at radius 1 is 0.651 bits per heavy atom. The average molecular weight is 867 g/mol. The molecule has 332 valence electrons. The number of carbonyl (C=O) groups excluding carboxylic acids is 5. The average Bonchev–Trinajstić information content (AvgIpc) is 3.58. The molecule has 0 saturated heterocycles. The molecule has 0 saturated carbocycles. The van der Waals surface area contributed by atoms with Crippen molar-refractivity contribution in [1.82, 2.24) is 16.0 Å². The smallest absolute Gasteiger partial charge is 0.407 e. The van der Waals surface area contributed by atoms with Crippen molar-refractivity contribution in [3.63, 3.8) is 0 Å². The van der Waals surface area contributed by atoms with Gasteiger partial charge in [-0.25, -0.2) is 14.4 Å². The number of primary amides is 1. The zero-order valence-corrected chi connectivity index (χ0v) is 34.7. The number of ether oxygens (including phenoxy) is 4. The minimum absolute atomic E-state index is 0.0334. The number of nitrogens with two attached hydrogens (primary N) is 1. The summed E-state index contributed by atoms with van der Waals surface area (Å²) in [5.41, 5.74) is 10.6. The third kappa shape index (κ3) is 13.8. The Labute approximate surface area is 363 Å². The van der Waals surface area contributed by atoms with Crippen LogP contribution >= 0.6 is 0 Å². The zero-order valence-electron chi connectivity index (χ0n) is 34.7. The summed E-state index contributed by atoms with van der Waals surface area (Å²) >= 11 is 0. The molecule has 0 aromatic heterocycles. The van der Waals surface area contributed by atoms with Gasteiger partial charge in [-0.15, -0.1) is 0 Å². The van der Waals surface area contributed by atoms with Crippen molar-refractivity contribution in [3.05, 3.63) is 119 Å². The Kier molecular flexibility index (Phi) is 16.6. The molecule has 1 unspecified atom stereocenters. The van der Waals surface area contributed by atoms with Crippen molar-refractivity contribution in [2.45, 2.75) is 70.2 Å². The highest BCUT2D eigenvalue weighted by molar-refractivity contribution is 5.94. The summed E-state index contributed by atoms with van der Waals surface area (Å²) in [6.45, 7) is 1.93. The lowest BCUT2D eigenvalue weighted by molar-refractivity contribution is -0.145. The maximum Gasteiger partial charge on any atom is 0.407 e. The van der Waals surface area contributed by atoms with Gasteiger partial charge in [0, 0.05) is 18.8 Å². The molecule has 4 aromatic rings. The third-order valence-corrected chi connectivity index (χ3v) is 9.98. The number of rotatable bonds is 23. The highest BCUT2D eigenvalue weighted by Crippen LogP contribution is 2.44. The molecule has 0 aliphatic heterocycles. The van der Waals surface area contributed by atoms with E-state index in [2.05, 4.69) is 16.0 Å². The van der Waals surface area contributed by atoms with Gasteiger partial charge in [-0.3, -0.25) is 19.2 Å². The maximum atomic E-state index is 14.2. The van der Waals surface area contributed by atoms with E-state index >= 15 is 0 Å². The molecular weight excluding hydrogens is 817 g/mol. The number of esters is 1. The summed E-state index contributed by atoms with van der Waals surface area (Å²) in [4.78, 5) is 89.6. The lowest BCUT2D eigenvalue weighted by Crippen LogP contribution is -2.57. The zero-order chi connectivity index (χ0) is 45.5. The molecule has 0 heterocycles. The third-order valence-electron chi connectivity index (χ3n) is 9.98. The van der Waals surface area contributed by atoms with E-state index in [1.807, 2.05) is 68.4 Å². The molecule has 4 amide bonds.